The van der Waals surface area contributed by atoms with Gasteiger partial charge in [0.2, 0.25) is 0 Å². The summed E-state index contributed by atoms with van der Waals surface area (Å²) in [6.07, 6.45) is -0.964. The molecule has 0 aliphatic heterocycles. The maximum Gasteiger partial charge on any atom is 0.118 e. The highest BCUT2D eigenvalue weighted by Crippen LogP contribution is 2.60. The second-order valence-electron chi connectivity index (χ2n) is 3.32. The lowest BCUT2D eigenvalue weighted by Crippen LogP contribution is -2.47. The zero-order valence-corrected chi connectivity index (χ0v) is 9.94. The van der Waals surface area contributed by atoms with Crippen molar-refractivity contribution in [2.24, 2.45) is 0 Å². The van der Waals surface area contributed by atoms with Crippen molar-refractivity contribution < 1.29 is 33.8 Å². The Bertz CT molecular complexity index is 283. The van der Waals surface area contributed by atoms with Gasteiger partial charge in [0.15, 0.2) is 0 Å². The van der Waals surface area contributed by atoms with Crippen LogP contribution in [0.5, 0.6) is 0 Å². The van der Waals surface area contributed by atoms with E-state index in [1.165, 1.54) is 19.0 Å². The summed E-state index contributed by atoms with van der Waals surface area (Å²) in [5.74, 6) is 0. The molecular weight excluding hydrogens is 248 g/mol. The van der Waals surface area contributed by atoms with Crippen molar-refractivity contribution in [3.63, 3.8) is 0 Å². The molecule has 0 atom stereocenters. The van der Waals surface area contributed by atoms with Gasteiger partial charge in [0.25, 0.3) is 0 Å². The summed E-state index contributed by atoms with van der Waals surface area (Å²) in [6.45, 7) is -0.223. The van der Waals surface area contributed by atoms with Gasteiger partial charge >= 0.3 is 0 Å². The highest BCUT2D eigenvalue weighted by atomic mass is 31.2. The fraction of sp³-hybridized carbons (Fsp3) is 1.00. The van der Waals surface area contributed by atoms with Gasteiger partial charge in [-0.1, -0.05) is 0 Å². The fourth-order valence-electron chi connectivity index (χ4n) is 0.797. The van der Waals surface area contributed by atoms with Gasteiger partial charge in [0.05, 0.1) is 0 Å². The monoisotopic (exact) mass is 259 g/mol. The number of hydrogen-bond acceptors (Lipinski definition) is 8. The van der Waals surface area contributed by atoms with Crippen molar-refractivity contribution in [1.29, 1.82) is 0 Å². The van der Waals surface area contributed by atoms with Gasteiger partial charge in [-0.25, -0.2) is 0 Å². The van der Waals surface area contributed by atoms with E-state index in [1.54, 1.807) is 0 Å². The maximum atomic E-state index is 10.5. The number of nitrogens with zero attached hydrogens (tertiary/aromatic N) is 1. The van der Waals surface area contributed by atoms with E-state index < -0.39 is 26.7 Å². The van der Waals surface area contributed by atoms with Crippen LogP contribution < -0.4 is 19.6 Å². The van der Waals surface area contributed by atoms with Crippen LogP contribution in [0, 0.1) is 0 Å². The van der Waals surface area contributed by atoms with E-state index in [-0.39, 0.29) is 6.54 Å². The first-order valence-corrected chi connectivity index (χ1v) is 6.92. The lowest BCUT2D eigenvalue weighted by atomic mass is 10.4. The third kappa shape index (κ3) is 3.62. The van der Waals surface area contributed by atoms with E-state index in [0.717, 1.165) is 0 Å². The number of hydrogen-bond donors (Lipinski definition) is 1. The Morgan fingerprint density at radius 2 is 1.47 bits per heavy atom. The summed E-state index contributed by atoms with van der Waals surface area (Å²) in [4.78, 5) is 43.5. The molecule has 0 aliphatic carbocycles. The average molecular weight is 259 g/mol. The Balaban J connectivity index is 5.08. The Morgan fingerprint density at radius 1 is 1.13 bits per heavy atom. The van der Waals surface area contributed by atoms with Gasteiger partial charge in [-0.2, -0.15) is 0 Å². The Kier molecular flexibility index (Phi) is 4.68. The van der Waals surface area contributed by atoms with Crippen molar-refractivity contribution >= 4 is 15.2 Å². The minimum atomic E-state index is -5.92. The highest BCUT2D eigenvalue weighted by Gasteiger charge is 2.35. The summed E-state index contributed by atoms with van der Waals surface area (Å²) in [7, 11) is -8.93. The molecule has 0 aromatic rings. The summed E-state index contributed by atoms with van der Waals surface area (Å²) in [5, 5.41) is 5.38. The molecule has 0 saturated carbocycles. The van der Waals surface area contributed by atoms with Crippen LogP contribution in [0.15, 0.2) is 0 Å². The second kappa shape index (κ2) is 4.61. The highest BCUT2D eigenvalue weighted by molar-refractivity contribution is 7.69. The lowest BCUT2D eigenvalue weighted by molar-refractivity contribution is -0.348. The quantitative estimate of drug-likeness (QED) is 0.497. The maximum absolute atomic E-state index is 10.5. The summed E-state index contributed by atoms with van der Waals surface area (Å²) >= 11 is 0. The van der Waals surface area contributed by atoms with Crippen LogP contribution in [0.4, 0.5) is 0 Å². The molecule has 0 radical (unpaired) electrons. The molecule has 0 heterocycles. The zero-order chi connectivity index (χ0) is 12.5. The van der Waals surface area contributed by atoms with Gasteiger partial charge in [-0.3, -0.25) is 0 Å². The molecule has 0 spiro atoms. The van der Waals surface area contributed by atoms with Gasteiger partial charge < -0.3 is 38.7 Å². The average Bonchev–Trinajstić information content (AvgIpc) is 1.95. The van der Waals surface area contributed by atoms with Crippen LogP contribution in [0.25, 0.3) is 0 Å². The summed E-state index contributed by atoms with van der Waals surface area (Å²) in [5.41, 5.74) is 0. The van der Waals surface area contributed by atoms with Gasteiger partial charge in [0.1, 0.15) is 5.08 Å². The van der Waals surface area contributed by atoms with Crippen LogP contribution in [0.3, 0.4) is 0 Å². The molecule has 92 valence electrons. The predicted octanol–water partition coefficient (Wildman–Crippen LogP) is -3.59. The fourth-order valence-corrected chi connectivity index (χ4v) is 2.75. The van der Waals surface area contributed by atoms with E-state index >= 15 is 0 Å². The Hall–Kier alpha value is 0.220. The first-order chi connectivity index (χ1) is 6.42. The van der Waals surface area contributed by atoms with E-state index in [2.05, 4.69) is 0 Å². The van der Waals surface area contributed by atoms with E-state index in [0.29, 0.717) is 0 Å². The molecule has 0 amide bonds. The molecule has 10 heteroatoms. The van der Waals surface area contributed by atoms with Gasteiger partial charge in [-0.05, 0) is 35.7 Å². The van der Waals surface area contributed by atoms with E-state index in [4.69, 9.17) is 5.11 Å². The Labute approximate surface area is 86.9 Å². The molecule has 1 N–H and O–H groups in total. The third-order valence-corrected chi connectivity index (χ3v) is 5.44. The van der Waals surface area contributed by atoms with Crippen molar-refractivity contribution in [2.75, 3.05) is 20.6 Å². The first-order valence-electron chi connectivity index (χ1n) is 3.83. The van der Waals surface area contributed by atoms with Gasteiger partial charge in [-0.15, -0.1) is 0 Å². The number of aliphatic hydroxyl groups is 1. The molecule has 0 aromatic heterocycles. The molecule has 0 fully saturated rings. The smallest absolute Gasteiger partial charge is 0.118 e. The minimum Gasteiger partial charge on any atom is -0.808 e. The third-order valence-electron chi connectivity index (χ3n) is 1.77. The largest absolute Gasteiger partial charge is 0.808 e. The second-order valence-corrected chi connectivity index (χ2v) is 7.14. The SMILES string of the molecule is CN(C)CCC(O)(P(=O)([O-])[O-])P(=O)([O-])[O-]. The van der Waals surface area contributed by atoms with Crippen LogP contribution >= 0.6 is 15.2 Å². The van der Waals surface area contributed by atoms with Crippen molar-refractivity contribution in [3.8, 4) is 0 Å². The molecular formula is C5H11NO7P2-4. The lowest BCUT2D eigenvalue weighted by Gasteiger charge is -2.56. The topological polar surface area (TPSA) is 150 Å². The van der Waals surface area contributed by atoms with Crippen LogP contribution in [-0.4, -0.2) is 35.7 Å². The van der Waals surface area contributed by atoms with Crippen molar-refractivity contribution in [2.45, 2.75) is 11.5 Å². The first kappa shape index (κ1) is 15.2. The minimum absolute atomic E-state index is 0.223. The van der Waals surface area contributed by atoms with Crippen LogP contribution in [0.1, 0.15) is 6.42 Å². The molecule has 0 aliphatic rings. The molecule has 0 bridgehead atoms. The summed E-state index contributed by atoms with van der Waals surface area (Å²) < 4.78 is 21.1. The molecule has 8 nitrogen and oxygen atoms in total. The van der Waals surface area contributed by atoms with E-state index in [9.17, 15) is 28.7 Å². The molecule has 15 heavy (non-hydrogen) atoms. The standard InChI is InChI=1S/C5H15NO7P2/c1-6(2)4-3-5(7,14(8,9)10)15(11,12)13/h7H,3-4H2,1-2H3,(H2,8,9,10)(H2,11,12,13)/p-4. The summed E-state index contributed by atoms with van der Waals surface area (Å²) in [6, 6.07) is 0. The molecule has 0 aromatic carbocycles. The predicted molar refractivity (Wildman–Crippen MR) is 43.3 cm³/mol. The molecule has 0 saturated heterocycles. The van der Waals surface area contributed by atoms with Crippen molar-refractivity contribution in [3.05, 3.63) is 0 Å². The van der Waals surface area contributed by atoms with E-state index in [1.807, 2.05) is 0 Å². The van der Waals surface area contributed by atoms with Crippen LogP contribution in [-0.2, 0) is 9.13 Å². The van der Waals surface area contributed by atoms with Crippen LogP contribution in [0.2, 0.25) is 0 Å². The Morgan fingerprint density at radius 3 is 1.67 bits per heavy atom. The van der Waals surface area contributed by atoms with Gasteiger partial charge in [0, 0.05) is 6.54 Å². The normalized spacial score (nSPS) is 14.7. The molecule has 0 unspecified atom stereocenters. The number of rotatable bonds is 5. The molecule has 0 rings (SSSR count). The zero-order valence-electron chi connectivity index (χ0n) is 8.15. The van der Waals surface area contributed by atoms with Crippen molar-refractivity contribution in [1.82, 2.24) is 4.90 Å².